The fourth-order valence-corrected chi connectivity index (χ4v) is 4.75. The molecule has 2 heterocycles. The molecule has 1 N–H and O–H groups in total. The summed E-state index contributed by atoms with van der Waals surface area (Å²) in [4.78, 5) is 25.6. The van der Waals surface area contributed by atoms with E-state index in [-0.39, 0.29) is 43.8 Å². The van der Waals surface area contributed by atoms with E-state index < -0.39 is 54.4 Å². The van der Waals surface area contributed by atoms with E-state index in [9.17, 15) is 49.1 Å². The summed E-state index contributed by atoms with van der Waals surface area (Å²) in [7, 11) is 0. The van der Waals surface area contributed by atoms with Crippen LogP contribution in [-0.2, 0) is 22.3 Å². The van der Waals surface area contributed by atoms with Crippen LogP contribution in [0.4, 0.5) is 44.3 Å². The third kappa shape index (κ3) is 6.94. The Morgan fingerprint density at radius 2 is 1.55 bits per heavy atom. The Hall–Kier alpha value is -2.91. The van der Waals surface area contributed by atoms with Gasteiger partial charge in [0.05, 0.1) is 5.56 Å². The van der Waals surface area contributed by atoms with E-state index in [1.165, 1.54) is 0 Å². The summed E-state index contributed by atoms with van der Waals surface area (Å²) in [6.45, 7) is -0.774. The van der Waals surface area contributed by atoms with Crippen molar-refractivity contribution in [2.24, 2.45) is 0 Å². The number of alkyl halides is 9. The highest BCUT2D eigenvalue weighted by Crippen LogP contribution is 2.42. The van der Waals surface area contributed by atoms with Gasteiger partial charge in [-0.1, -0.05) is 6.07 Å². The molecule has 2 saturated heterocycles. The molecular formula is C22H23F9N2O5. The highest BCUT2D eigenvalue weighted by molar-refractivity contribution is 5.68. The van der Waals surface area contributed by atoms with Crippen LogP contribution in [0.3, 0.4) is 0 Å². The average Bonchev–Trinajstić information content (AvgIpc) is 3.16. The minimum atomic E-state index is -5.84. The highest BCUT2D eigenvalue weighted by Gasteiger charge is 2.60. The fourth-order valence-electron chi connectivity index (χ4n) is 4.75. The minimum Gasteiger partial charge on any atom is -0.482 e. The van der Waals surface area contributed by atoms with Crippen molar-refractivity contribution in [1.29, 1.82) is 0 Å². The number of carboxylic acids is 1. The standard InChI is InChI=1S/C22H23F9N2O5/c23-20(24,25)14-3-2-13(15(10-14)37-12-16(34)35)11-33-7-1-4-19(33)5-8-32(9-6-19)18(36)38-17(21(26,27)28)22(29,30)31/h2-3,10,17H,1,4-9,11-12H2,(H,34,35). The van der Waals surface area contributed by atoms with Crippen molar-refractivity contribution in [3.8, 4) is 5.75 Å². The average molecular weight is 566 g/mol. The number of piperidine rings is 1. The quantitative estimate of drug-likeness (QED) is 0.476. The van der Waals surface area contributed by atoms with Crippen molar-refractivity contribution in [3.05, 3.63) is 29.3 Å². The number of carbonyl (C=O) groups is 2. The molecule has 0 saturated carbocycles. The molecule has 16 heteroatoms. The van der Waals surface area contributed by atoms with Crippen molar-refractivity contribution in [3.63, 3.8) is 0 Å². The van der Waals surface area contributed by atoms with E-state index in [0.29, 0.717) is 25.5 Å². The molecule has 0 bridgehead atoms. The van der Waals surface area contributed by atoms with Gasteiger partial charge in [-0.3, -0.25) is 4.90 Å². The number of hydrogen-bond acceptors (Lipinski definition) is 5. The Kier molecular flexibility index (Phi) is 8.34. The highest BCUT2D eigenvalue weighted by atomic mass is 19.4. The largest absolute Gasteiger partial charge is 0.482 e. The molecule has 1 aromatic rings. The maximum absolute atomic E-state index is 13.2. The molecule has 0 unspecified atom stereocenters. The van der Waals surface area contributed by atoms with Gasteiger partial charge in [0.2, 0.25) is 0 Å². The number of hydrogen-bond donors (Lipinski definition) is 1. The van der Waals surface area contributed by atoms with Gasteiger partial charge in [-0.2, -0.15) is 39.5 Å². The summed E-state index contributed by atoms with van der Waals surface area (Å²) < 4.78 is 125. The zero-order valence-corrected chi connectivity index (χ0v) is 19.5. The summed E-state index contributed by atoms with van der Waals surface area (Å²) in [5, 5.41) is 8.87. The van der Waals surface area contributed by atoms with E-state index in [0.717, 1.165) is 17.0 Å². The topological polar surface area (TPSA) is 79.3 Å². The summed E-state index contributed by atoms with van der Waals surface area (Å²) in [6.07, 6.45) is -20.9. The molecule has 0 aromatic heterocycles. The van der Waals surface area contributed by atoms with Crippen LogP contribution in [0.15, 0.2) is 18.2 Å². The van der Waals surface area contributed by atoms with Crippen LogP contribution >= 0.6 is 0 Å². The van der Waals surface area contributed by atoms with E-state index in [4.69, 9.17) is 9.84 Å². The van der Waals surface area contributed by atoms with E-state index in [1.54, 1.807) is 0 Å². The number of halogens is 9. The summed E-state index contributed by atoms with van der Waals surface area (Å²) in [5.74, 6) is -1.68. The molecule has 0 radical (unpaired) electrons. The van der Waals surface area contributed by atoms with Gasteiger partial charge in [-0.05, 0) is 44.4 Å². The molecule has 1 aromatic carbocycles. The number of benzene rings is 1. The van der Waals surface area contributed by atoms with Gasteiger partial charge in [0.1, 0.15) is 5.75 Å². The second-order valence-electron chi connectivity index (χ2n) is 9.09. The number of carboxylic acid groups (broad SMARTS) is 1. The monoisotopic (exact) mass is 566 g/mol. The summed E-state index contributed by atoms with van der Waals surface area (Å²) in [5.41, 5.74) is -1.40. The van der Waals surface area contributed by atoms with Crippen molar-refractivity contribution in [2.75, 3.05) is 26.2 Å². The molecule has 2 aliphatic heterocycles. The number of carbonyl (C=O) groups excluding carboxylic acids is 1. The van der Waals surface area contributed by atoms with Gasteiger partial charge in [0, 0.05) is 30.7 Å². The molecule has 3 rings (SSSR count). The molecular weight excluding hydrogens is 543 g/mol. The van der Waals surface area contributed by atoms with Gasteiger partial charge in [-0.15, -0.1) is 0 Å². The van der Waals surface area contributed by atoms with Crippen molar-refractivity contribution >= 4 is 12.1 Å². The Morgan fingerprint density at radius 1 is 0.947 bits per heavy atom. The second-order valence-corrected chi connectivity index (χ2v) is 9.09. The maximum atomic E-state index is 13.2. The van der Waals surface area contributed by atoms with Gasteiger partial charge < -0.3 is 19.5 Å². The van der Waals surface area contributed by atoms with Gasteiger partial charge in [-0.25, -0.2) is 9.59 Å². The van der Waals surface area contributed by atoms with Crippen LogP contribution in [0.2, 0.25) is 0 Å². The van der Waals surface area contributed by atoms with E-state index in [1.807, 2.05) is 4.90 Å². The first kappa shape index (κ1) is 29.6. The zero-order chi connectivity index (χ0) is 28.5. The van der Waals surface area contributed by atoms with Gasteiger partial charge >= 0.3 is 30.6 Å². The number of aliphatic carboxylic acids is 1. The smallest absolute Gasteiger partial charge is 0.434 e. The lowest BCUT2D eigenvalue weighted by molar-refractivity contribution is -0.308. The number of likely N-dealkylation sites (tertiary alicyclic amines) is 2. The maximum Gasteiger partial charge on any atom is 0.434 e. The summed E-state index contributed by atoms with van der Waals surface area (Å²) in [6, 6.07) is 2.67. The van der Waals surface area contributed by atoms with Crippen LogP contribution in [0.1, 0.15) is 36.8 Å². The third-order valence-corrected chi connectivity index (χ3v) is 6.61. The first-order valence-electron chi connectivity index (χ1n) is 11.3. The van der Waals surface area contributed by atoms with Crippen LogP contribution in [-0.4, -0.2) is 77.2 Å². The predicted molar refractivity (Wildman–Crippen MR) is 110 cm³/mol. The summed E-state index contributed by atoms with van der Waals surface area (Å²) >= 11 is 0. The lowest BCUT2D eigenvalue weighted by atomic mass is 9.85. The molecule has 2 fully saturated rings. The van der Waals surface area contributed by atoms with E-state index >= 15 is 0 Å². The second kappa shape index (κ2) is 10.7. The molecule has 0 atom stereocenters. The van der Waals surface area contributed by atoms with Crippen LogP contribution in [0, 0.1) is 0 Å². The first-order valence-corrected chi connectivity index (χ1v) is 11.3. The first-order chi connectivity index (χ1) is 17.4. The van der Waals surface area contributed by atoms with Crippen molar-refractivity contribution < 1.29 is 63.7 Å². The SMILES string of the molecule is O=C(O)COc1cc(C(F)(F)F)ccc1CN1CCCC12CCN(C(=O)OC(C(F)(F)F)C(F)(F)F)CC2. The third-order valence-electron chi connectivity index (χ3n) is 6.61. The Balaban J connectivity index is 1.72. The molecule has 0 aliphatic carbocycles. The number of rotatable bonds is 6. The molecule has 1 amide bonds. The Labute approximate surface area is 210 Å². The Bertz CT molecular complexity index is 1000. The molecule has 38 heavy (non-hydrogen) atoms. The molecule has 214 valence electrons. The minimum absolute atomic E-state index is 0.0434. The molecule has 2 aliphatic rings. The normalized spacial score (nSPS) is 18.7. The number of ether oxygens (including phenoxy) is 2. The van der Waals surface area contributed by atoms with Crippen LogP contribution < -0.4 is 4.74 Å². The lowest BCUT2D eigenvalue weighted by Crippen LogP contribution is -2.54. The number of amides is 1. The fraction of sp³-hybridized carbons (Fsp3) is 0.636. The van der Waals surface area contributed by atoms with Crippen molar-refractivity contribution in [1.82, 2.24) is 9.80 Å². The Morgan fingerprint density at radius 3 is 2.08 bits per heavy atom. The van der Waals surface area contributed by atoms with Gasteiger partial charge in [0.15, 0.2) is 6.61 Å². The lowest BCUT2D eigenvalue weighted by Gasteiger charge is -2.45. The van der Waals surface area contributed by atoms with Crippen LogP contribution in [0.5, 0.6) is 5.75 Å². The van der Waals surface area contributed by atoms with Crippen LogP contribution in [0.25, 0.3) is 0 Å². The molecule has 7 nitrogen and oxygen atoms in total. The zero-order valence-electron chi connectivity index (χ0n) is 19.5. The van der Waals surface area contributed by atoms with Crippen molar-refractivity contribution in [2.45, 2.75) is 62.4 Å². The number of nitrogens with zero attached hydrogens (tertiary/aromatic N) is 2. The predicted octanol–water partition coefficient (Wildman–Crippen LogP) is 5.23. The van der Waals surface area contributed by atoms with E-state index in [2.05, 4.69) is 4.74 Å². The molecule has 1 spiro atoms. The van der Waals surface area contributed by atoms with Gasteiger partial charge in [0.25, 0.3) is 6.10 Å².